The van der Waals surface area contributed by atoms with Gasteiger partial charge in [0.15, 0.2) is 0 Å². The lowest BCUT2D eigenvalue weighted by Crippen LogP contribution is -1.87. The normalized spacial score (nSPS) is 14.4. The molecule has 0 spiro atoms. The maximum Gasteiger partial charge on any atom is 0.0412 e. The fourth-order valence-corrected chi connectivity index (χ4v) is 0.895. The molecule has 0 N–H and O–H groups in total. The van der Waals surface area contributed by atoms with Gasteiger partial charge in [-0.05, 0) is 6.42 Å². The van der Waals surface area contributed by atoms with Gasteiger partial charge in [0.2, 0.25) is 0 Å². The first-order valence-electron chi connectivity index (χ1n) is 3.22. The molecule has 0 aromatic rings. The Labute approximate surface area is 59.6 Å². The Bertz CT molecular complexity index is 107. The van der Waals surface area contributed by atoms with Gasteiger partial charge in [-0.1, -0.05) is 25.5 Å². The van der Waals surface area contributed by atoms with Gasteiger partial charge in [-0.3, -0.25) is 4.21 Å². The van der Waals surface area contributed by atoms with E-state index < -0.39 is 10.8 Å². The number of hydrogen-bond acceptors (Lipinski definition) is 1. The molecule has 1 unspecified atom stereocenters. The second kappa shape index (κ2) is 6.02. The lowest BCUT2D eigenvalue weighted by Gasteiger charge is -1.84. The highest BCUT2D eigenvalue weighted by Crippen LogP contribution is 1.88. The third-order valence-electron chi connectivity index (χ3n) is 0.953. The van der Waals surface area contributed by atoms with Gasteiger partial charge >= 0.3 is 0 Å². The first kappa shape index (κ1) is 8.89. The molecule has 0 aromatic carbocycles. The van der Waals surface area contributed by atoms with Crippen LogP contribution in [-0.4, -0.2) is 16.2 Å². The van der Waals surface area contributed by atoms with E-state index in [0.29, 0.717) is 5.75 Å². The zero-order valence-corrected chi connectivity index (χ0v) is 6.91. The van der Waals surface area contributed by atoms with Crippen LogP contribution in [0.1, 0.15) is 19.8 Å². The van der Waals surface area contributed by atoms with Crippen LogP contribution in [0.4, 0.5) is 0 Å². The predicted octanol–water partition coefficient (Wildman–Crippen LogP) is 1.72. The molecule has 0 aliphatic rings. The van der Waals surface area contributed by atoms with Crippen molar-refractivity contribution in [2.45, 2.75) is 19.8 Å². The van der Waals surface area contributed by atoms with E-state index in [1.807, 2.05) is 6.08 Å². The van der Waals surface area contributed by atoms with Crippen LogP contribution in [-0.2, 0) is 10.8 Å². The van der Waals surface area contributed by atoms with Crippen LogP contribution in [0.2, 0.25) is 0 Å². The summed E-state index contributed by atoms with van der Waals surface area (Å²) in [5.41, 5.74) is 0. The fourth-order valence-electron chi connectivity index (χ4n) is 0.488. The van der Waals surface area contributed by atoms with Crippen molar-refractivity contribution in [2.24, 2.45) is 0 Å². The molecule has 0 bridgehead atoms. The maximum absolute atomic E-state index is 10.5. The predicted molar refractivity (Wildman–Crippen MR) is 43.0 cm³/mol. The average molecular weight is 146 g/mol. The minimum absolute atomic E-state index is 0.656. The molecule has 9 heavy (non-hydrogen) atoms. The average Bonchev–Trinajstić information content (AvgIpc) is 1.80. The van der Waals surface area contributed by atoms with Crippen LogP contribution in [0.25, 0.3) is 0 Å². The van der Waals surface area contributed by atoms with Gasteiger partial charge in [-0.2, -0.15) is 0 Å². The summed E-state index contributed by atoms with van der Waals surface area (Å²) >= 11 is 0. The minimum atomic E-state index is -0.656. The smallest absolute Gasteiger partial charge is 0.0412 e. The second-order valence-electron chi connectivity index (χ2n) is 2.00. The van der Waals surface area contributed by atoms with Crippen LogP contribution in [0.3, 0.4) is 0 Å². The number of hydrogen-bond donors (Lipinski definition) is 0. The number of allylic oxidation sites excluding steroid dienone is 1. The van der Waals surface area contributed by atoms with Crippen molar-refractivity contribution in [1.29, 1.82) is 0 Å². The Morgan fingerprint density at radius 1 is 1.44 bits per heavy atom. The summed E-state index contributed by atoms with van der Waals surface area (Å²) in [6, 6.07) is 0. The quantitative estimate of drug-likeness (QED) is 0.552. The summed E-state index contributed by atoms with van der Waals surface area (Å²) in [5.74, 6) is 0.708. The van der Waals surface area contributed by atoms with Crippen molar-refractivity contribution in [1.82, 2.24) is 0 Å². The highest BCUT2D eigenvalue weighted by Gasteiger charge is 1.81. The van der Waals surface area contributed by atoms with E-state index in [4.69, 9.17) is 0 Å². The summed E-state index contributed by atoms with van der Waals surface area (Å²) in [6.45, 7) is 2.13. The van der Waals surface area contributed by atoms with Crippen LogP contribution >= 0.6 is 0 Å². The molecule has 0 radical (unpaired) electrons. The molecular formula is C7H14OS. The van der Waals surface area contributed by atoms with Crippen molar-refractivity contribution in [3.05, 3.63) is 12.2 Å². The van der Waals surface area contributed by atoms with E-state index in [1.54, 1.807) is 6.26 Å². The molecule has 0 aromatic heterocycles. The number of rotatable bonds is 4. The Balaban J connectivity index is 3.14. The summed E-state index contributed by atoms with van der Waals surface area (Å²) < 4.78 is 10.5. The van der Waals surface area contributed by atoms with Crippen molar-refractivity contribution in [2.75, 3.05) is 12.0 Å². The van der Waals surface area contributed by atoms with Gasteiger partial charge in [-0.25, -0.2) is 0 Å². The monoisotopic (exact) mass is 146 g/mol. The van der Waals surface area contributed by atoms with Crippen LogP contribution < -0.4 is 0 Å². The lowest BCUT2D eigenvalue weighted by molar-refractivity contribution is 0.688. The Morgan fingerprint density at radius 3 is 2.56 bits per heavy atom. The van der Waals surface area contributed by atoms with Crippen molar-refractivity contribution < 1.29 is 4.21 Å². The highest BCUT2D eigenvalue weighted by atomic mass is 32.2. The van der Waals surface area contributed by atoms with Gasteiger partial charge in [0.1, 0.15) is 0 Å². The molecule has 1 nitrogen and oxygen atoms in total. The molecular weight excluding hydrogens is 132 g/mol. The van der Waals surface area contributed by atoms with Gasteiger partial charge in [-0.15, -0.1) is 0 Å². The van der Waals surface area contributed by atoms with Crippen molar-refractivity contribution >= 4 is 10.8 Å². The Kier molecular flexibility index (Phi) is 5.94. The molecule has 54 valence electrons. The summed E-state index contributed by atoms with van der Waals surface area (Å²) in [6.07, 6.45) is 8.07. The van der Waals surface area contributed by atoms with Gasteiger partial charge in [0.25, 0.3) is 0 Å². The van der Waals surface area contributed by atoms with Crippen LogP contribution in [0.15, 0.2) is 12.2 Å². The standard InChI is InChI=1S/C7H14OS/c1-3-4-5-6-7-9(2)8/h5-6H,3-4,7H2,1-2H3. The Hall–Kier alpha value is -0.110. The molecule has 0 aliphatic heterocycles. The van der Waals surface area contributed by atoms with E-state index in [0.717, 1.165) is 6.42 Å². The van der Waals surface area contributed by atoms with Gasteiger partial charge < -0.3 is 0 Å². The Morgan fingerprint density at radius 2 is 2.11 bits per heavy atom. The van der Waals surface area contributed by atoms with Crippen molar-refractivity contribution in [3.8, 4) is 0 Å². The second-order valence-corrected chi connectivity index (χ2v) is 3.48. The van der Waals surface area contributed by atoms with E-state index in [9.17, 15) is 4.21 Å². The van der Waals surface area contributed by atoms with E-state index in [2.05, 4.69) is 13.0 Å². The number of unbranched alkanes of at least 4 members (excludes halogenated alkanes) is 1. The third-order valence-corrected chi connectivity index (χ3v) is 1.61. The molecule has 2 heteroatoms. The zero-order chi connectivity index (χ0) is 7.11. The highest BCUT2D eigenvalue weighted by molar-refractivity contribution is 7.84. The molecule has 0 aliphatic carbocycles. The molecule has 0 heterocycles. The molecule has 0 saturated carbocycles. The fraction of sp³-hybridized carbons (Fsp3) is 0.714. The largest absolute Gasteiger partial charge is 0.260 e. The van der Waals surface area contributed by atoms with E-state index in [1.165, 1.54) is 6.42 Å². The zero-order valence-electron chi connectivity index (χ0n) is 6.09. The van der Waals surface area contributed by atoms with Crippen LogP contribution in [0, 0.1) is 0 Å². The molecule has 0 saturated heterocycles. The minimum Gasteiger partial charge on any atom is -0.260 e. The topological polar surface area (TPSA) is 17.1 Å². The molecule has 1 atom stereocenters. The first-order chi connectivity index (χ1) is 4.27. The molecule has 0 rings (SSSR count). The van der Waals surface area contributed by atoms with E-state index in [-0.39, 0.29) is 0 Å². The van der Waals surface area contributed by atoms with Gasteiger partial charge in [0, 0.05) is 22.8 Å². The van der Waals surface area contributed by atoms with Crippen molar-refractivity contribution in [3.63, 3.8) is 0 Å². The van der Waals surface area contributed by atoms with E-state index >= 15 is 0 Å². The summed E-state index contributed by atoms with van der Waals surface area (Å²) in [5, 5.41) is 0. The van der Waals surface area contributed by atoms with Gasteiger partial charge in [0.05, 0.1) is 0 Å². The SMILES string of the molecule is CCCC=CCS(C)=O. The maximum atomic E-state index is 10.5. The molecule has 0 fully saturated rings. The molecule has 0 amide bonds. The summed E-state index contributed by atoms with van der Waals surface area (Å²) in [4.78, 5) is 0. The summed E-state index contributed by atoms with van der Waals surface area (Å²) in [7, 11) is -0.656. The first-order valence-corrected chi connectivity index (χ1v) is 4.95. The third kappa shape index (κ3) is 7.89. The lowest BCUT2D eigenvalue weighted by atomic mass is 10.3. The van der Waals surface area contributed by atoms with Crippen LogP contribution in [0.5, 0.6) is 0 Å².